The average molecular weight is 532 g/mol. The molecule has 1 fully saturated rings. The van der Waals surface area contributed by atoms with Crippen LogP contribution < -0.4 is 5.56 Å². The molecule has 0 spiro atoms. The number of esters is 1. The Bertz CT molecular complexity index is 1200. The van der Waals surface area contributed by atoms with E-state index in [1.165, 1.54) is 10.9 Å². The molecule has 1 aromatic carbocycles. The topological polar surface area (TPSA) is 61.2 Å². The highest BCUT2D eigenvalue weighted by Gasteiger charge is 2.31. The SMILES string of the molecule is CCc1sc2ncn(CC(=O)OC3CCC(C(C)(C)C)CC3)c(=O)c2c1-c1ccc(Br)cc1. The lowest BCUT2D eigenvalue weighted by molar-refractivity contribution is -0.152. The Hall–Kier alpha value is -1.99. The van der Waals surface area contributed by atoms with Crippen LogP contribution in [0.5, 0.6) is 0 Å². The number of aryl methyl sites for hydroxylation is 1. The number of hydrogen-bond donors (Lipinski definition) is 0. The summed E-state index contributed by atoms with van der Waals surface area (Å²) >= 11 is 5.02. The molecule has 7 heteroatoms. The van der Waals surface area contributed by atoms with Crippen molar-refractivity contribution in [1.82, 2.24) is 9.55 Å². The number of hydrogen-bond acceptors (Lipinski definition) is 5. The lowest BCUT2D eigenvalue weighted by atomic mass is 9.72. The van der Waals surface area contributed by atoms with Gasteiger partial charge in [0.15, 0.2) is 0 Å². The van der Waals surface area contributed by atoms with Gasteiger partial charge in [0, 0.05) is 14.9 Å². The van der Waals surface area contributed by atoms with Crippen molar-refractivity contribution < 1.29 is 9.53 Å². The molecule has 1 aliphatic rings. The third-order valence-electron chi connectivity index (χ3n) is 6.70. The third kappa shape index (κ3) is 5.24. The van der Waals surface area contributed by atoms with Crippen LogP contribution in [-0.2, 0) is 22.5 Å². The van der Waals surface area contributed by atoms with Gasteiger partial charge in [-0.15, -0.1) is 11.3 Å². The van der Waals surface area contributed by atoms with E-state index in [0.717, 1.165) is 52.6 Å². The van der Waals surface area contributed by atoms with E-state index < -0.39 is 0 Å². The molecule has 4 rings (SSSR count). The van der Waals surface area contributed by atoms with Crippen LogP contribution >= 0.6 is 27.3 Å². The van der Waals surface area contributed by atoms with Crippen molar-refractivity contribution in [1.29, 1.82) is 0 Å². The molecule has 0 unspecified atom stereocenters. The summed E-state index contributed by atoms with van der Waals surface area (Å²) in [7, 11) is 0. The predicted molar refractivity (Wildman–Crippen MR) is 138 cm³/mol. The molecule has 0 radical (unpaired) electrons. The van der Waals surface area contributed by atoms with E-state index in [1.54, 1.807) is 11.3 Å². The van der Waals surface area contributed by atoms with Gasteiger partial charge in [0.2, 0.25) is 0 Å². The molecule has 0 aliphatic heterocycles. The van der Waals surface area contributed by atoms with Gasteiger partial charge in [0.1, 0.15) is 17.5 Å². The van der Waals surface area contributed by atoms with Crippen LogP contribution in [0.1, 0.15) is 58.3 Å². The maximum absolute atomic E-state index is 13.4. The number of thiophene rings is 1. The van der Waals surface area contributed by atoms with Crippen LogP contribution in [0.25, 0.3) is 21.3 Å². The van der Waals surface area contributed by atoms with Crippen molar-refractivity contribution in [2.75, 3.05) is 0 Å². The van der Waals surface area contributed by atoms with E-state index in [1.807, 2.05) is 24.3 Å². The molecule has 0 N–H and O–H groups in total. The summed E-state index contributed by atoms with van der Waals surface area (Å²) < 4.78 is 8.12. The minimum atomic E-state index is -0.367. The number of halogens is 1. The van der Waals surface area contributed by atoms with E-state index in [2.05, 4.69) is 48.6 Å². The largest absolute Gasteiger partial charge is 0.461 e. The van der Waals surface area contributed by atoms with Gasteiger partial charge in [0.25, 0.3) is 5.56 Å². The number of benzene rings is 1. The molecular formula is C26H31BrN2O3S. The summed E-state index contributed by atoms with van der Waals surface area (Å²) in [6.45, 7) is 8.79. The monoisotopic (exact) mass is 530 g/mol. The Kier molecular flexibility index (Phi) is 7.10. The first-order valence-electron chi connectivity index (χ1n) is 11.6. The van der Waals surface area contributed by atoms with Crippen LogP contribution in [0.2, 0.25) is 0 Å². The zero-order valence-corrected chi connectivity index (χ0v) is 22.1. The number of aromatic nitrogens is 2. The van der Waals surface area contributed by atoms with Crippen molar-refractivity contribution in [3.05, 3.63) is 50.3 Å². The number of fused-ring (bicyclic) bond motifs is 1. The number of carbonyl (C=O) groups excluding carboxylic acids is 1. The number of rotatable bonds is 5. The minimum Gasteiger partial charge on any atom is -0.461 e. The van der Waals surface area contributed by atoms with E-state index in [-0.39, 0.29) is 29.6 Å². The Morgan fingerprint density at radius 2 is 1.85 bits per heavy atom. The Labute approximate surface area is 207 Å². The molecule has 176 valence electrons. The number of carbonyl (C=O) groups is 1. The number of nitrogens with zero attached hydrogens (tertiary/aromatic N) is 2. The van der Waals surface area contributed by atoms with Gasteiger partial charge in [-0.3, -0.25) is 14.2 Å². The van der Waals surface area contributed by atoms with Gasteiger partial charge in [-0.1, -0.05) is 55.8 Å². The second kappa shape index (κ2) is 9.71. The number of ether oxygens (including phenoxy) is 1. The van der Waals surface area contributed by atoms with Gasteiger partial charge < -0.3 is 4.74 Å². The second-order valence-electron chi connectivity index (χ2n) is 9.95. The van der Waals surface area contributed by atoms with Crippen LogP contribution in [0, 0.1) is 11.3 Å². The van der Waals surface area contributed by atoms with E-state index in [0.29, 0.717) is 16.1 Å². The van der Waals surface area contributed by atoms with Crippen LogP contribution in [-0.4, -0.2) is 21.6 Å². The second-order valence-corrected chi connectivity index (χ2v) is 11.9. The Morgan fingerprint density at radius 3 is 2.45 bits per heavy atom. The molecule has 1 aliphatic carbocycles. The van der Waals surface area contributed by atoms with Crippen molar-refractivity contribution in [2.24, 2.45) is 11.3 Å². The molecule has 0 saturated heterocycles. The van der Waals surface area contributed by atoms with Gasteiger partial charge in [-0.05, 0) is 61.1 Å². The maximum Gasteiger partial charge on any atom is 0.326 e. The summed E-state index contributed by atoms with van der Waals surface area (Å²) in [5, 5.41) is 0.583. The molecule has 0 atom stereocenters. The molecule has 5 nitrogen and oxygen atoms in total. The summed E-state index contributed by atoms with van der Waals surface area (Å²) in [5.74, 6) is 0.290. The lowest BCUT2D eigenvalue weighted by Gasteiger charge is -2.36. The first-order chi connectivity index (χ1) is 15.7. The average Bonchev–Trinajstić information content (AvgIpc) is 3.15. The van der Waals surface area contributed by atoms with Crippen molar-refractivity contribution in [3.8, 4) is 11.1 Å². The molecule has 33 heavy (non-hydrogen) atoms. The molecule has 1 saturated carbocycles. The maximum atomic E-state index is 13.4. The van der Waals surface area contributed by atoms with Crippen LogP contribution in [0.15, 0.2) is 39.9 Å². The predicted octanol–water partition coefficient (Wildman–Crippen LogP) is 6.60. The summed E-state index contributed by atoms with van der Waals surface area (Å²) in [6.07, 6.45) is 6.14. The zero-order chi connectivity index (χ0) is 23.8. The highest BCUT2D eigenvalue weighted by molar-refractivity contribution is 9.10. The van der Waals surface area contributed by atoms with Crippen LogP contribution in [0.4, 0.5) is 0 Å². The third-order valence-corrected chi connectivity index (χ3v) is 8.47. The molecule has 0 bridgehead atoms. The summed E-state index contributed by atoms with van der Waals surface area (Å²) in [6, 6.07) is 7.95. The van der Waals surface area contributed by atoms with Gasteiger partial charge >= 0.3 is 5.97 Å². The Morgan fingerprint density at radius 1 is 1.18 bits per heavy atom. The molecular weight excluding hydrogens is 500 g/mol. The highest BCUT2D eigenvalue weighted by atomic mass is 79.9. The van der Waals surface area contributed by atoms with E-state index >= 15 is 0 Å². The van der Waals surface area contributed by atoms with Crippen molar-refractivity contribution in [3.63, 3.8) is 0 Å². The van der Waals surface area contributed by atoms with Gasteiger partial charge in [-0.25, -0.2) is 4.98 Å². The highest BCUT2D eigenvalue weighted by Crippen LogP contribution is 2.39. The fourth-order valence-electron chi connectivity index (χ4n) is 4.77. The fourth-order valence-corrected chi connectivity index (χ4v) is 6.12. The standard InChI is InChI=1S/C26H31BrN2O3S/c1-5-20-22(16-6-10-18(27)11-7-16)23-24(33-20)28-15-29(25(23)31)14-21(30)32-19-12-8-17(9-13-19)26(2,3)4/h6-7,10-11,15,17,19H,5,8-9,12-14H2,1-4H3. The van der Waals surface area contributed by atoms with Crippen LogP contribution in [0.3, 0.4) is 0 Å². The fraction of sp³-hybridized carbons (Fsp3) is 0.500. The molecule has 0 amide bonds. The summed E-state index contributed by atoms with van der Waals surface area (Å²) in [5.41, 5.74) is 2.00. The first-order valence-corrected chi connectivity index (χ1v) is 13.2. The smallest absolute Gasteiger partial charge is 0.326 e. The van der Waals surface area contributed by atoms with Gasteiger partial charge in [0.05, 0.1) is 11.7 Å². The molecule has 2 heterocycles. The quantitative estimate of drug-likeness (QED) is 0.348. The van der Waals surface area contributed by atoms with Crippen molar-refractivity contribution >= 4 is 43.5 Å². The zero-order valence-electron chi connectivity index (χ0n) is 19.7. The lowest BCUT2D eigenvalue weighted by Crippen LogP contribution is -2.32. The first kappa shape index (κ1) is 24.1. The van der Waals surface area contributed by atoms with Gasteiger partial charge in [-0.2, -0.15) is 0 Å². The normalized spacial score (nSPS) is 19.1. The van der Waals surface area contributed by atoms with E-state index in [9.17, 15) is 9.59 Å². The van der Waals surface area contributed by atoms with Crippen molar-refractivity contribution in [2.45, 2.75) is 72.4 Å². The molecule has 3 aromatic rings. The minimum absolute atomic E-state index is 0.0605. The Balaban J connectivity index is 1.55. The molecule has 2 aromatic heterocycles. The van der Waals surface area contributed by atoms with E-state index in [4.69, 9.17) is 4.74 Å². The summed E-state index contributed by atoms with van der Waals surface area (Å²) in [4.78, 5) is 32.4.